The average molecular weight is 314 g/mol. The van der Waals surface area contributed by atoms with Gasteiger partial charge in [-0.05, 0) is 53.5 Å². The number of hydrogen-bond acceptors (Lipinski definition) is 1. The van der Waals surface area contributed by atoms with Gasteiger partial charge in [0.15, 0.2) is 0 Å². The van der Waals surface area contributed by atoms with Crippen LogP contribution in [0.3, 0.4) is 0 Å². The molecule has 0 N–H and O–H groups in total. The molecule has 1 aliphatic carbocycles. The number of carbonyl (C=O) groups is 1. The highest BCUT2D eigenvalue weighted by molar-refractivity contribution is 14.1. The van der Waals surface area contributed by atoms with Crippen molar-refractivity contribution in [2.45, 2.75) is 32.1 Å². The van der Waals surface area contributed by atoms with E-state index in [0.29, 0.717) is 5.78 Å². The van der Waals surface area contributed by atoms with Crippen LogP contribution < -0.4 is 0 Å². The summed E-state index contributed by atoms with van der Waals surface area (Å²) >= 11 is 2.35. The molecule has 80 valence electrons. The van der Waals surface area contributed by atoms with Crippen LogP contribution >= 0.6 is 22.6 Å². The van der Waals surface area contributed by atoms with E-state index in [1.807, 2.05) is 6.07 Å². The fourth-order valence-corrected chi connectivity index (χ4v) is 2.81. The van der Waals surface area contributed by atoms with Crippen molar-refractivity contribution in [1.82, 2.24) is 0 Å². The van der Waals surface area contributed by atoms with Crippen molar-refractivity contribution in [2.24, 2.45) is 5.92 Å². The smallest absolute Gasteiger partial charge is 0.136 e. The first-order chi connectivity index (χ1) is 7.27. The molecule has 1 atom stereocenters. The van der Waals surface area contributed by atoms with Gasteiger partial charge < -0.3 is 0 Å². The van der Waals surface area contributed by atoms with Crippen LogP contribution in [-0.4, -0.2) is 5.78 Å². The standard InChI is InChI=1S/C13H15IO/c14-12-7-3-1-5-10(12)9-11-6-2-4-8-13(11)15/h1,3,5,7,11H,2,4,6,8-9H2. The summed E-state index contributed by atoms with van der Waals surface area (Å²) in [7, 11) is 0. The summed E-state index contributed by atoms with van der Waals surface area (Å²) in [6.45, 7) is 0. The van der Waals surface area contributed by atoms with Gasteiger partial charge in [-0.1, -0.05) is 24.6 Å². The van der Waals surface area contributed by atoms with Gasteiger partial charge in [0, 0.05) is 15.9 Å². The molecule has 1 unspecified atom stereocenters. The summed E-state index contributed by atoms with van der Waals surface area (Å²) in [4.78, 5) is 11.7. The Morgan fingerprint density at radius 1 is 1.27 bits per heavy atom. The molecule has 1 nitrogen and oxygen atoms in total. The molecule has 15 heavy (non-hydrogen) atoms. The Balaban J connectivity index is 2.08. The van der Waals surface area contributed by atoms with Crippen LogP contribution in [0.2, 0.25) is 0 Å². The summed E-state index contributed by atoms with van der Waals surface area (Å²) in [5, 5.41) is 0. The first-order valence-electron chi connectivity index (χ1n) is 5.53. The number of benzene rings is 1. The van der Waals surface area contributed by atoms with Crippen LogP contribution in [-0.2, 0) is 11.2 Å². The fourth-order valence-electron chi connectivity index (χ4n) is 2.20. The number of carbonyl (C=O) groups excluding carboxylic acids is 1. The van der Waals surface area contributed by atoms with E-state index in [2.05, 4.69) is 40.8 Å². The molecular formula is C13H15IO. The average Bonchev–Trinajstić information content (AvgIpc) is 2.24. The number of halogens is 1. The fraction of sp³-hybridized carbons (Fsp3) is 0.462. The molecule has 0 aliphatic heterocycles. The quantitative estimate of drug-likeness (QED) is 0.763. The first-order valence-corrected chi connectivity index (χ1v) is 6.61. The van der Waals surface area contributed by atoms with E-state index in [9.17, 15) is 4.79 Å². The molecule has 0 aromatic heterocycles. The van der Waals surface area contributed by atoms with Crippen LogP contribution in [0.25, 0.3) is 0 Å². The number of ketones is 1. The summed E-state index contributed by atoms with van der Waals surface area (Å²) in [5.74, 6) is 0.760. The molecule has 0 saturated heterocycles. The van der Waals surface area contributed by atoms with Crippen LogP contribution in [0.1, 0.15) is 31.2 Å². The minimum atomic E-state index is 0.287. The van der Waals surface area contributed by atoms with Gasteiger partial charge in [0.25, 0.3) is 0 Å². The Bertz CT molecular complexity index is 359. The van der Waals surface area contributed by atoms with E-state index in [-0.39, 0.29) is 5.92 Å². The predicted octanol–water partition coefficient (Wildman–Crippen LogP) is 3.59. The molecule has 1 saturated carbocycles. The van der Waals surface area contributed by atoms with Crippen LogP contribution in [0, 0.1) is 9.49 Å². The van der Waals surface area contributed by atoms with Gasteiger partial charge >= 0.3 is 0 Å². The molecule has 1 aromatic rings. The second-order valence-corrected chi connectivity index (χ2v) is 5.37. The zero-order chi connectivity index (χ0) is 10.7. The highest BCUT2D eigenvalue weighted by Crippen LogP contribution is 2.25. The third-order valence-corrected chi connectivity index (χ3v) is 4.16. The maximum absolute atomic E-state index is 11.7. The maximum Gasteiger partial charge on any atom is 0.136 e. The largest absolute Gasteiger partial charge is 0.299 e. The number of hydrogen-bond donors (Lipinski definition) is 0. The molecule has 1 fully saturated rings. The Kier molecular flexibility index (Phi) is 3.78. The highest BCUT2D eigenvalue weighted by Gasteiger charge is 2.22. The molecule has 0 radical (unpaired) electrons. The molecule has 0 bridgehead atoms. The van der Waals surface area contributed by atoms with Crippen LogP contribution in [0.4, 0.5) is 0 Å². The van der Waals surface area contributed by atoms with Crippen LogP contribution in [0.5, 0.6) is 0 Å². The van der Waals surface area contributed by atoms with Gasteiger partial charge in [0.1, 0.15) is 5.78 Å². The lowest BCUT2D eigenvalue weighted by atomic mass is 9.84. The Morgan fingerprint density at radius 3 is 2.80 bits per heavy atom. The van der Waals surface area contributed by atoms with E-state index in [1.54, 1.807) is 0 Å². The Labute approximate surface area is 104 Å². The van der Waals surface area contributed by atoms with Crippen molar-refractivity contribution in [3.05, 3.63) is 33.4 Å². The summed E-state index contributed by atoms with van der Waals surface area (Å²) < 4.78 is 1.29. The second kappa shape index (κ2) is 5.10. The predicted molar refractivity (Wildman–Crippen MR) is 69.8 cm³/mol. The minimum absolute atomic E-state index is 0.287. The maximum atomic E-state index is 11.7. The van der Waals surface area contributed by atoms with Gasteiger partial charge in [0.05, 0.1) is 0 Å². The van der Waals surface area contributed by atoms with Gasteiger partial charge in [-0.3, -0.25) is 4.79 Å². The van der Waals surface area contributed by atoms with Gasteiger partial charge in [-0.25, -0.2) is 0 Å². The van der Waals surface area contributed by atoms with Crippen molar-refractivity contribution in [1.29, 1.82) is 0 Å². The first kappa shape index (κ1) is 11.1. The molecule has 2 rings (SSSR count). The normalized spacial score (nSPS) is 21.7. The second-order valence-electron chi connectivity index (χ2n) is 4.20. The van der Waals surface area contributed by atoms with E-state index >= 15 is 0 Å². The van der Waals surface area contributed by atoms with Crippen molar-refractivity contribution >= 4 is 28.4 Å². The number of Topliss-reactive ketones (excluding diaryl/α,β-unsaturated/α-hetero) is 1. The minimum Gasteiger partial charge on any atom is -0.299 e. The van der Waals surface area contributed by atoms with Gasteiger partial charge in [-0.15, -0.1) is 0 Å². The van der Waals surface area contributed by atoms with E-state index in [0.717, 1.165) is 25.7 Å². The van der Waals surface area contributed by atoms with Crippen molar-refractivity contribution in [2.75, 3.05) is 0 Å². The van der Waals surface area contributed by atoms with Crippen molar-refractivity contribution < 1.29 is 4.79 Å². The van der Waals surface area contributed by atoms with E-state index in [4.69, 9.17) is 0 Å². The molecule has 1 aliphatic rings. The monoisotopic (exact) mass is 314 g/mol. The summed E-state index contributed by atoms with van der Waals surface area (Å²) in [6.07, 6.45) is 5.15. The van der Waals surface area contributed by atoms with E-state index < -0.39 is 0 Å². The lowest BCUT2D eigenvalue weighted by molar-refractivity contribution is -0.124. The molecular weight excluding hydrogens is 299 g/mol. The van der Waals surface area contributed by atoms with Gasteiger partial charge in [-0.2, -0.15) is 0 Å². The van der Waals surface area contributed by atoms with Crippen molar-refractivity contribution in [3.8, 4) is 0 Å². The molecule has 0 spiro atoms. The number of rotatable bonds is 2. The lowest BCUT2D eigenvalue weighted by Gasteiger charge is -2.20. The van der Waals surface area contributed by atoms with Crippen LogP contribution in [0.15, 0.2) is 24.3 Å². The zero-order valence-corrected chi connectivity index (χ0v) is 10.9. The zero-order valence-electron chi connectivity index (χ0n) is 8.71. The summed E-state index contributed by atoms with van der Waals surface area (Å²) in [5.41, 5.74) is 1.33. The van der Waals surface area contributed by atoms with Gasteiger partial charge in [0.2, 0.25) is 0 Å². The third kappa shape index (κ3) is 2.80. The molecule has 0 heterocycles. The highest BCUT2D eigenvalue weighted by atomic mass is 127. The molecule has 0 amide bonds. The molecule has 1 aromatic carbocycles. The Hall–Kier alpha value is -0.380. The Morgan fingerprint density at radius 2 is 2.07 bits per heavy atom. The van der Waals surface area contributed by atoms with E-state index in [1.165, 1.54) is 15.6 Å². The SMILES string of the molecule is O=C1CCCCC1Cc1ccccc1I. The lowest BCUT2D eigenvalue weighted by Crippen LogP contribution is -2.21. The molecule has 2 heteroatoms. The van der Waals surface area contributed by atoms with Crippen molar-refractivity contribution in [3.63, 3.8) is 0 Å². The topological polar surface area (TPSA) is 17.1 Å². The third-order valence-electron chi connectivity index (χ3n) is 3.11. The summed E-state index contributed by atoms with van der Waals surface area (Å²) in [6, 6.07) is 8.37.